The molecule has 0 amide bonds. The minimum Gasteiger partial charge on any atom is -0.385 e. The van der Waals surface area contributed by atoms with Gasteiger partial charge in [0, 0.05) is 23.3 Å². The summed E-state index contributed by atoms with van der Waals surface area (Å²) in [5.41, 5.74) is 4.97. The highest BCUT2D eigenvalue weighted by Crippen LogP contribution is 2.25. The van der Waals surface area contributed by atoms with Crippen LogP contribution in [0.5, 0.6) is 0 Å². The van der Waals surface area contributed by atoms with Crippen molar-refractivity contribution in [2.45, 2.75) is 52.9 Å². The summed E-state index contributed by atoms with van der Waals surface area (Å²) in [5.74, 6) is 0. The molecule has 0 spiro atoms. The molecule has 2 nitrogen and oxygen atoms in total. The molecule has 0 bridgehead atoms. The monoisotopic (exact) mass is 270 g/mol. The largest absolute Gasteiger partial charge is 0.385 e. The lowest BCUT2D eigenvalue weighted by molar-refractivity contribution is 0.796. The van der Waals surface area contributed by atoms with Crippen LogP contribution in [0.2, 0.25) is 0 Å². The van der Waals surface area contributed by atoms with E-state index in [4.69, 9.17) is 4.98 Å². The van der Waals surface area contributed by atoms with Gasteiger partial charge >= 0.3 is 0 Å². The van der Waals surface area contributed by atoms with Crippen LogP contribution in [-0.2, 0) is 12.8 Å². The average molecular weight is 270 g/mol. The molecule has 2 rings (SSSR count). The number of benzene rings is 1. The van der Waals surface area contributed by atoms with Gasteiger partial charge in [-0.1, -0.05) is 32.8 Å². The molecule has 0 atom stereocenters. The lowest BCUT2D eigenvalue weighted by Gasteiger charge is -2.12. The van der Waals surface area contributed by atoms with Crippen LogP contribution < -0.4 is 5.32 Å². The second-order valence-electron chi connectivity index (χ2n) is 5.40. The molecule has 1 aromatic heterocycles. The quantitative estimate of drug-likeness (QED) is 0.769. The highest BCUT2D eigenvalue weighted by molar-refractivity contribution is 5.92. The second kappa shape index (κ2) is 7.28. The molecule has 2 heteroatoms. The first-order chi connectivity index (χ1) is 9.78. The molecule has 0 radical (unpaired) electrons. The van der Waals surface area contributed by atoms with Crippen molar-refractivity contribution in [3.63, 3.8) is 0 Å². The third-order valence-electron chi connectivity index (χ3n) is 3.62. The van der Waals surface area contributed by atoms with Crippen molar-refractivity contribution in [1.29, 1.82) is 0 Å². The number of unbranched alkanes of at least 4 members (excludes halogenated alkanes) is 1. The maximum atomic E-state index is 4.79. The molecular weight excluding hydrogens is 244 g/mol. The van der Waals surface area contributed by atoms with E-state index in [2.05, 4.69) is 50.4 Å². The molecule has 1 N–H and O–H groups in total. The van der Waals surface area contributed by atoms with Gasteiger partial charge in [-0.05, 0) is 49.9 Å². The molecule has 1 heterocycles. The molecular formula is C18H26N2. The zero-order valence-corrected chi connectivity index (χ0v) is 13.0. The van der Waals surface area contributed by atoms with Crippen molar-refractivity contribution < 1.29 is 0 Å². The first-order valence-electron chi connectivity index (χ1n) is 7.94. The van der Waals surface area contributed by atoms with Gasteiger partial charge in [-0.2, -0.15) is 0 Å². The predicted octanol–water partition coefficient (Wildman–Crippen LogP) is 4.96. The Labute approximate surface area is 122 Å². The van der Waals surface area contributed by atoms with Gasteiger partial charge in [0.2, 0.25) is 0 Å². The number of pyridine rings is 1. The van der Waals surface area contributed by atoms with E-state index in [0.717, 1.165) is 31.3 Å². The maximum absolute atomic E-state index is 4.79. The van der Waals surface area contributed by atoms with Crippen LogP contribution in [-0.4, -0.2) is 11.5 Å². The third kappa shape index (κ3) is 3.50. The van der Waals surface area contributed by atoms with Crippen molar-refractivity contribution in [2.75, 3.05) is 11.9 Å². The van der Waals surface area contributed by atoms with Gasteiger partial charge in [0.05, 0.1) is 5.52 Å². The Morgan fingerprint density at radius 2 is 1.85 bits per heavy atom. The summed E-state index contributed by atoms with van der Waals surface area (Å²) in [7, 11) is 0. The fourth-order valence-electron chi connectivity index (χ4n) is 2.59. The van der Waals surface area contributed by atoms with Gasteiger partial charge in [-0.3, -0.25) is 4.98 Å². The van der Waals surface area contributed by atoms with Crippen molar-refractivity contribution in [3.8, 4) is 0 Å². The molecule has 20 heavy (non-hydrogen) atoms. The van der Waals surface area contributed by atoms with Gasteiger partial charge < -0.3 is 5.32 Å². The Hall–Kier alpha value is -1.57. The summed E-state index contributed by atoms with van der Waals surface area (Å²) in [6.07, 6.45) is 5.84. The molecule has 0 aliphatic heterocycles. The van der Waals surface area contributed by atoms with E-state index < -0.39 is 0 Å². The van der Waals surface area contributed by atoms with E-state index in [1.807, 2.05) is 0 Å². The van der Waals surface area contributed by atoms with Crippen LogP contribution in [0.3, 0.4) is 0 Å². The summed E-state index contributed by atoms with van der Waals surface area (Å²) >= 11 is 0. The Bertz CT molecular complexity index is 561. The van der Waals surface area contributed by atoms with E-state index in [1.54, 1.807) is 0 Å². The summed E-state index contributed by atoms with van der Waals surface area (Å²) in [6.45, 7) is 7.53. The van der Waals surface area contributed by atoms with Crippen LogP contribution in [0.25, 0.3) is 10.9 Å². The number of aryl methyl sites for hydroxylation is 2. The van der Waals surface area contributed by atoms with Gasteiger partial charge in [-0.15, -0.1) is 0 Å². The number of hydrogen-bond donors (Lipinski definition) is 1. The molecule has 0 aliphatic rings. The summed E-state index contributed by atoms with van der Waals surface area (Å²) in [5, 5.41) is 4.76. The highest BCUT2D eigenvalue weighted by atomic mass is 14.9. The van der Waals surface area contributed by atoms with Crippen LogP contribution in [0, 0.1) is 0 Å². The normalized spacial score (nSPS) is 10.9. The van der Waals surface area contributed by atoms with Gasteiger partial charge in [0.25, 0.3) is 0 Å². The van der Waals surface area contributed by atoms with Crippen LogP contribution in [0.4, 0.5) is 5.69 Å². The first kappa shape index (κ1) is 14.8. The Balaban J connectivity index is 2.43. The Kier molecular flexibility index (Phi) is 5.40. The van der Waals surface area contributed by atoms with Gasteiger partial charge in [-0.25, -0.2) is 0 Å². The van der Waals surface area contributed by atoms with Crippen molar-refractivity contribution >= 4 is 16.6 Å². The topological polar surface area (TPSA) is 24.9 Å². The van der Waals surface area contributed by atoms with Crippen molar-refractivity contribution in [3.05, 3.63) is 35.5 Å². The number of aromatic nitrogens is 1. The lowest BCUT2D eigenvalue weighted by atomic mass is 10.0. The zero-order valence-electron chi connectivity index (χ0n) is 13.0. The fourth-order valence-corrected chi connectivity index (χ4v) is 2.59. The van der Waals surface area contributed by atoms with E-state index in [0.29, 0.717) is 0 Å². The summed E-state index contributed by atoms with van der Waals surface area (Å²) in [4.78, 5) is 4.79. The molecule has 0 saturated heterocycles. The Morgan fingerprint density at radius 3 is 2.55 bits per heavy atom. The predicted molar refractivity (Wildman–Crippen MR) is 88.5 cm³/mol. The van der Waals surface area contributed by atoms with Crippen molar-refractivity contribution in [2.24, 2.45) is 0 Å². The second-order valence-corrected chi connectivity index (χ2v) is 5.40. The number of fused-ring (bicyclic) bond motifs is 1. The molecule has 1 aromatic carbocycles. The standard InChI is InChI=1S/C18H26N2/c1-4-7-9-14-10-11-17-16(12-14)18(19-6-3)13-15(20-17)8-5-2/h10-13H,4-9H2,1-3H3,(H,19,20). The fraction of sp³-hybridized carbons (Fsp3) is 0.500. The maximum Gasteiger partial charge on any atom is 0.0726 e. The lowest BCUT2D eigenvalue weighted by Crippen LogP contribution is -2.01. The number of anilines is 1. The van der Waals surface area contributed by atoms with Gasteiger partial charge in [0.1, 0.15) is 0 Å². The minimum absolute atomic E-state index is 0.948. The Morgan fingerprint density at radius 1 is 1.00 bits per heavy atom. The first-order valence-corrected chi connectivity index (χ1v) is 7.94. The van der Waals surface area contributed by atoms with Crippen LogP contribution >= 0.6 is 0 Å². The van der Waals surface area contributed by atoms with Crippen LogP contribution in [0.15, 0.2) is 24.3 Å². The third-order valence-corrected chi connectivity index (χ3v) is 3.62. The number of nitrogens with one attached hydrogen (secondary N) is 1. The van der Waals surface area contributed by atoms with E-state index in [-0.39, 0.29) is 0 Å². The molecule has 0 unspecified atom stereocenters. The number of rotatable bonds is 7. The van der Waals surface area contributed by atoms with E-state index in [1.165, 1.54) is 35.2 Å². The molecule has 0 saturated carbocycles. The summed E-state index contributed by atoms with van der Waals surface area (Å²) in [6, 6.07) is 8.95. The number of hydrogen-bond acceptors (Lipinski definition) is 2. The SMILES string of the molecule is CCCCc1ccc2nc(CCC)cc(NCC)c2c1. The average Bonchev–Trinajstić information content (AvgIpc) is 2.46. The van der Waals surface area contributed by atoms with Gasteiger partial charge in [0.15, 0.2) is 0 Å². The van der Waals surface area contributed by atoms with Crippen molar-refractivity contribution in [1.82, 2.24) is 4.98 Å². The van der Waals surface area contributed by atoms with E-state index >= 15 is 0 Å². The van der Waals surface area contributed by atoms with Crippen LogP contribution in [0.1, 0.15) is 51.3 Å². The molecule has 0 fully saturated rings. The smallest absolute Gasteiger partial charge is 0.0726 e. The van der Waals surface area contributed by atoms with E-state index in [9.17, 15) is 0 Å². The zero-order chi connectivity index (χ0) is 14.4. The molecule has 0 aliphatic carbocycles. The summed E-state index contributed by atoms with van der Waals surface area (Å²) < 4.78 is 0. The molecule has 2 aromatic rings. The highest BCUT2D eigenvalue weighted by Gasteiger charge is 2.06. The molecule has 108 valence electrons. The number of nitrogens with zero attached hydrogens (tertiary/aromatic N) is 1. The minimum atomic E-state index is 0.948.